The third-order valence-corrected chi connectivity index (χ3v) is 3.82. The summed E-state index contributed by atoms with van der Waals surface area (Å²) in [6.45, 7) is 2.21. The first-order chi connectivity index (χ1) is 11.0. The monoisotopic (exact) mass is 312 g/mol. The summed E-state index contributed by atoms with van der Waals surface area (Å²) in [7, 11) is 0. The van der Waals surface area contributed by atoms with Gasteiger partial charge in [-0.05, 0) is 25.1 Å². The lowest BCUT2D eigenvalue weighted by molar-refractivity contribution is -0.385. The molecule has 7 nitrogen and oxygen atoms in total. The van der Waals surface area contributed by atoms with Crippen LogP contribution in [-0.4, -0.2) is 28.4 Å². The first-order valence-corrected chi connectivity index (χ1v) is 7.27. The molecule has 0 aliphatic carbocycles. The molecule has 1 aliphatic heterocycles. The Bertz CT molecular complexity index is 748. The van der Waals surface area contributed by atoms with Gasteiger partial charge < -0.3 is 10.2 Å². The van der Waals surface area contributed by atoms with Crippen LogP contribution in [0.2, 0.25) is 0 Å². The van der Waals surface area contributed by atoms with Crippen LogP contribution in [-0.2, 0) is 4.79 Å². The quantitative estimate of drug-likeness (QED) is 0.692. The zero-order valence-corrected chi connectivity index (χ0v) is 12.6. The predicted octanol–water partition coefficient (Wildman–Crippen LogP) is 2.52. The minimum atomic E-state index is -0.456. The molecule has 2 heterocycles. The van der Waals surface area contributed by atoms with E-state index in [-0.39, 0.29) is 17.6 Å². The van der Waals surface area contributed by atoms with Crippen molar-refractivity contribution >= 4 is 23.1 Å². The maximum absolute atomic E-state index is 12.2. The lowest BCUT2D eigenvalue weighted by atomic mass is 10.2. The first kappa shape index (κ1) is 15.0. The number of amides is 1. The second kappa shape index (κ2) is 6.04. The Balaban J connectivity index is 1.71. The summed E-state index contributed by atoms with van der Waals surface area (Å²) in [6.07, 6.45) is 1.61. The van der Waals surface area contributed by atoms with Crippen LogP contribution >= 0.6 is 0 Å². The van der Waals surface area contributed by atoms with Gasteiger partial charge in [0, 0.05) is 24.2 Å². The third kappa shape index (κ3) is 3.13. The molecule has 2 aromatic rings. The molecule has 1 aromatic carbocycles. The number of aryl methyl sites for hydroxylation is 1. The molecule has 0 radical (unpaired) electrons. The van der Waals surface area contributed by atoms with Crippen molar-refractivity contribution in [3.8, 4) is 0 Å². The van der Waals surface area contributed by atoms with Crippen LogP contribution in [0, 0.1) is 17.0 Å². The number of hydrogen-bond donors (Lipinski definition) is 1. The summed E-state index contributed by atoms with van der Waals surface area (Å²) in [5, 5.41) is 14.0. The lowest BCUT2D eigenvalue weighted by Crippen LogP contribution is -2.27. The van der Waals surface area contributed by atoms with E-state index >= 15 is 0 Å². The Morgan fingerprint density at radius 2 is 2.09 bits per heavy atom. The lowest BCUT2D eigenvalue weighted by Gasteiger charge is -2.17. The van der Waals surface area contributed by atoms with Gasteiger partial charge in [-0.3, -0.25) is 14.9 Å². The fourth-order valence-corrected chi connectivity index (χ4v) is 2.69. The number of aromatic nitrogens is 1. The highest BCUT2D eigenvalue weighted by atomic mass is 16.6. The van der Waals surface area contributed by atoms with Crippen molar-refractivity contribution in [1.82, 2.24) is 4.98 Å². The molecule has 0 bridgehead atoms. The Labute approximate surface area is 133 Å². The molecule has 23 heavy (non-hydrogen) atoms. The Morgan fingerprint density at radius 3 is 2.74 bits per heavy atom. The fourth-order valence-electron chi connectivity index (χ4n) is 2.69. The number of pyridine rings is 1. The largest absolute Gasteiger partial charge is 0.365 e. The van der Waals surface area contributed by atoms with Crippen LogP contribution in [0.4, 0.5) is 17.2 Å². The van der Waals surface area contributed by atoms with Crippen molar-refractivity contribution in [2.24, 2.45) is 0 Å². The molecule has 1 saturated heterocycles. The number of hydrogen-bond acceptors (Lipinski definition) is 5. The molecule has 1 atom stereocenters. The van der Waals surface area contributed by atoms with Gasteiger partial charge in [0.05, 0.1) is 11.0 Å². The molecule has 1 unspecified atom stereocenters. The number of para-hydroxylation sites is 1. The van der Waals surface area contributed by atoms with Crippen molar-refractivity contribution < 1.29 is 9.72 Å². The second-order valence-electron chi connectivity index (χ2n) is 5.50. The zero-order valence-electron chi connectivity index (χ0n) is 12.6. The normalized spacial score (nSPS) is 17.3. The van der Waals surface area contributed by atoms with Crippen molar-refractivity contribution in [3.63, 3.8) is 0 Å². The van der Waals surface area contributed by atoms with Gasteiger partial charge in [-0.25, -0.2) is 4.98 Å². The summed E-state index contributed by atoms with van der Waals surface area (Å²) in [6, 6.07) is 11.0. The van der Waals surface area contributed by atoms with E-state index in [1.54, 1.807) is 17.9 Å². The summed E-state index contributed by atoms with van der Waals surface area (Å²) in [5.41, 5.74) is 1.40. The van der Waals surface area contributed by atoms with E-state index in [9.17, 15) is 14.9 Å². The van der Waals surface area contributed by atoms with E-state index in [0.29, 0.717) is 24.3 Å². The van der Waals surface area contributed by atoms with Crippen molar-refractivity contribution in [3.05, 3.63) is 58.3 Å². The first-order valence-electron chi connectivity index (χ1n) is 7.27. The number of benzene rings is 1. The molecular weight excluding hydrogens is 296 g/mol. The van der Waals surface area contributed by atoms with Gasteiger partial charge in [0.15, 0.2) is 0 Å². The number of nitrogens with one attached hydrogen (secondary N) is 1. The fraction of sp³-hybridized carbons (Fsp3) is 0.250. The van der Waals surface area contributed by atoms with Crippen molar-refractivity contribution in [1.29, 1.82) is 0 Å². The maximum Gasteiger partial charge on any atom is 0.290 e. The van der Waals surface area contributed by atoms with Gasteiger partial charge in [-0.2, -0.15) is 0 Å². The van der Waals surface area contributed by atoms with Crippen molar-refractivity contribution in [2.75, 3.05) is 16.8 Å². The standard InChI is InChI=1S/C16H16N4O3/c1-11-7-15(17-9-14(11)20(22)23)18-12-8-16(21)19(10-12)13-5-3-2-4-6-13/h2-7,9,12H,8,10H2,1H3,(H,17,18). The SMILES string of the molecule is Cc1cc(NC2CC(=O)N(c3ccccc3)C2)ncc1[N+](=O)[O-]. The molecule has 1 N–H and O–H groups in total. The zero-order chi connectivity index (χ0) is 16.4. The van der Waals surface area contributed by atoms with E-state index in [0.717, 1.165) is 5.69 Å². The topological polar surface area (TPSA) is 88.4 Å². The molecule has 1 fully saturated rings. The molecule has 1 aromatic heterocycles. The van der Waals surface area contributed by atoms with E-state index < -0.39 is 4.92 Å². The van der Waals surface area contributed by atoms with Gasteiger partial charge >= 0.3 is 0 Å². The molecule has 3 rings (SSSR count). The average molecular weight is 312 g/mol. The minimum Gasteiger partial charge on any atom is -0.365 e. The van der Waals surface area contributed by atoms with E-state index in [2.05, 4.69) is 10.3 Å². The number of rotatable bonds is 4. The van der Waals surface area contributed by atoms with Crippen molar-refractivity contribution in [2.45, 2.75) is 19.4 Å². The Hall–Kier alpha value is -2.96. The second-order valence-corrected chi connectivity index (χ2v) is 5.50. The highest BCUT2D eigenvalue weighted by Crippen LogP contribution is 2.24. The van der Waals surface area contributed by atoms with Gasteiger partial charge in [-0.15, -0.1) is 0 Å². The molecule has 0 saturated carbocycles. The molecule has 0 spiro atoms. The van der Waals surface area contributed by atoms with Crippen LogP contribution in [0.1, 0.15) is 12.0 Å². The average Bonchev–Trinajstić information content (AvgIpc) is 2.88. The Morgan fingerprint density at radius 1 is 1.35 bits per heavy atom. The maximum atomic E-state index is 12.2. The Kier molecular flexibility index (Phi) is 3.92. The van der Waals surface area contributed by atoms with Crippen LogP contribution in [0.3, 0.4) is 0 Å². The van der Waals surface area contributed by atoms with Crippen LogP contribution in [0.25, 0.3) is 0 Å². The molecule has 1 amide bonds. The van der Waals surface area contributed by atoms with Gasteiger partial charge in [0.1, 0.15) is 12.0 Å². The number of anilines is 2. The number of nitrogens with zero attached hydrogens (tertiary/aromatic N) is 3. The summed E-state index contributed by atoms with van der Waals surface area (Å²) >= 11 is 0. The molecule has 118 valence electrons. The van der Waals surface area contributed by atoms with Crippen LogP contribution in [0.15, 0.2) is 42.6 Å². The third-order valence-electron chi connectivity index (χ3n) is 3.82. The van der Waals surface area contributed by atoms with Gasteiger partial charge in [0.25, 0.3) is 5.69 Å². The summed E-state index contributed by atoms with van der Waals surface area (Å²) in [4.78, 5) is 28.3. The van der Waals surface area contributed by atoms with Gasteiger partial charge in [0.2, 0.25) is 5.91 Å². The summed E-state index contributed by atoms with van der Waals surface area (Å²) in [5.74, 6) is 0.591. The van der Waals surface area contributed by atoms with E-state index in [4.69, 9.17) is 0 Å². The number of carbonyl (C=O) groups excluding carboxylic acids is 1. The van der Waals surface area contributed by atoms with E-state index in [1.807, 2.05) is 30.3 Å². The van der Waals surface area contributed by atoms with Gasteiger partial charge in [-0.1, -0.05) is 18.2 Å². The molecule has 7 heteroatoms. The molecule has 1 aliphatic rings. The summed E-state index contributed by atoms with van der Waals surface area (Å²) < 4.78 is 0. The van der Waals surface area contributed by atoms with E-state index in [1.165, 1.54) is 6.20 Å². The highest BCUT2D eigenvalue weighted by Gasteiger charge is 2.30. The minimum absolute atomic E-state index is 0.0102. The highest BCUT2D eigenvalue weighted by molar-refractivity contribution is 5.96. The number of carbonyl (C=O) groups is 1. The van der Waals surface area contributed by atoms with Crippen LogP contribution < -0.4 is 10.2 Å². The predicted molar refractivity (Wildman–Crippen MR) is 86.5 cm³/mol. The van der Waals surface area contributed by atoms with Crippen LogP contribution in [0.5, 0.6) is 0 Å². The smallest absolute Gasteiger partial charge is 0.290 e. The number of nitro groups is 1. The molecular formula is C16H16N4O3.